The molecule has 4 aromatic carbocycles. The van der Waals surface area contributed by atoms with Crippen LogP contribution in [0.2, 0.25) is 5.02 Å². The number of nitrogens with zero attached hydrogens (tertiary/aromatic N) is 1. The first kappa shape index (κ1) is 25.4. The van der Waals surface area contributed by atoms with Crippen LogP contribution in [-0.4, -0.2) is 24.0 Å². The number of ether oxygens (including phenoxy) is 2. The number of amides is 2. The molecule has 0 radical (unpaired) electrons. The van der Waals surface area contributed by atoms with Crippen molar-refractivity contribution >= 4 is 63.3 Å². The van der Waals surface area contributed by atoms with Crippen LogP contribution in [0.4, 0.5) is 5.69 Å². The summed E-state index contributed by atoms with van der Waals surface area (Å²) in [6.07, 6.45) is 1.46. The van der Waals surface area contributed by atoms with Gasteiger partial charge in [0.05, 0.1) is 17.8 Å². The molecule has 0 aliphatic carbocycles. The van der Waals surface area contributed by atoms with Gasteiger partial charge in [-0.1, -0.05) is 66.2 Å². The number of aryl methyl sites for hydroxylation is 1. The van der Waals surface area contributed by atoms with E-state index in [-0.39, 0.29) is 22.3 Å². The molecule has 0 saturated carbocycles. The maximum Gasteiger partial charge on any atom is 0.270 e. The van der Waals surface area contributed by atoms with E-state index in [0.717, 1.165) is 21.9 Å². The van der Waals surface area contributed by atoms with E-state index in [9.17, 15) is 9.59 Å². The lowest BCUT2D eigenvalue weighted by Gasteiger charge is -2.28. The van der Waals surface area contributed by atoms with Crippen LogP contribution in [0.5, 0.6) is 11.5 Å². The Hall–Kier alpha value is -4.20. The fourth-order valence-electron chi connectivity index (χ4n) is 4.38. The number of hydrogen-bond donors (Lipinski definition) is 1. The van der Waals surface area contributed by atoms with Crippen molar-refractivity contribution in [2.24, 2.45) is 0 Å². The molecule has 1 fully saturated rings. The van der Waals surface area contributed by atoms with E-state index in [1.54, 1.807) is 36.4 Å². The Labute approximate surface area is 230 Å². The Bertz CT molecular complexity index is 1620. The Morgan fingerprint density at radius 1 is 1.00 bits per heavy atom. The molecule has 6 nitrogen and oxygen atoms in total. The second kappa shape index (κ2) is 10.7. The average Bonchev–Trinajstić information content (AvgIpc) is 2.91. The molecule has 2 amide bonds. The number of methoxy groups -OCH3 is 1. The minimum atomic E-state index is -0.589. The summed E-state index contributed by atoms with van der Waals surface area (Å²) in [5.41, 5.74) is 3.12. The molecule has 0 aromatic heterocycles. The summed E-state index contributed by atoms with van der Waals surface area (Å²) in [6, 6.07) is 24.4. The van der Waals surface area contributed by atoms with E-state index >= 15 is 0 Å². The lowest BCUT2D eigenvalue weighted by Crippen LogP contribution is -2.54. The zero-order chi connectivity index (χ0) is 26.8. The largest absolute Gasteiger partial charge is 0.493 e. The number of benzene rings is 4. The van der Waals surface area contributed by atoms with Gasteiger partial charge in [-0.15, -0.1) is 0 Å². The SMILES string of the molecule is COc1cc(/C=C2/C(=O)NC(=S)N(c3ccccc3)C2=O)cc(Cl)c1OCc1c(C)ccc2ccccc12. The minimum Gasteiger partial charge on any atom is -0.493 e. The molecule has 4 aromatic rings. The second-order valence-electron chi connectivity index (χ2n) is 8.70. The van der Waals surface area contributed by atoms with Crippen molar-refractivity contribution in [1.82, 2.24) is 5.32 Å². The summed E-state index contributed by atoms with van der Waals surface area (Å²) in [6.45, 7) is 2.32. The van der Waals surface area contributed by atoms with Crippen LogP contribution in [0.3, 0.4) is 0 Å². The molecule has 1 saturated heterocycles. The summed E-state index contributed by atoms with van der Waals surface area (Å²) in [4.78, 5) is 27.3. The fourth-order valence-corrected chi connectivity index (χ4v) is 4.93. The molecule has 1 N–H and O–H groups in total. The van der Waals surface area contributed by atoms with Gasteiger partial charge in [0.2, 0.25) is 0 Å². The van der Waals surface area contributed by atoms with Crippen LogP contribution < -0.4 is 19.7 Å². The fraction of sp³-hybridized carbons (Fsp3) is 0.100. The van der Waals surface area contributed by atoms with Gasteiger partial charge in [0.25, 0.3) is 11.8 Å². The van der Waals surface area contributed by atoms with E-state index in [0.29, 0.717) is 22.7 Å². The number of rotatable bonds is 6. The highest BCUT2D eigenvalue weighted by Crippen LogP contribution is 2.38. The molecule has 8 heteroatoms. The van der Waals surface area contributed by atoms with Crippen molar-refractivity contribution in [3.8, 4) is 11.5 Å². The third-order valence-corrected chi connectivity index (χ3v) is 6.88. The van der Waals surface area contributed by atoms with Crippen LogP contribution in [0.25, 0.3) is 16.8 Å². The molecule has 190 valence electrons. The quantitative estimate of drug-likeness (QED) is 0.178. The van der Waals surface area contributed by atoms with Crippen LogP contribution in [0.15, 0.2) is 84.4 Å². The van der Waals surface area contributed by atoms with Crippen molar-refractivity contribution < 1.29 is 19.1 Å². The Balaban J connectivity index is 1.46. The smallest absolute Gasteiger partial charge is 0.270 e. The zero-order valence-electron chi connectivity index (χ0n) is 20.7. The molecule has 1 aliphatic rings. The number of carbonyl (C=O) groups excluding carboxylic acids is 2. The highest BCUT2D eigenvalue weighted by molar-refractivity contribution is 7.80. The monoisotopic (exact) mass is 542 g/mol. The number of carbonyl (C=O) groups is 2. The number of hydrogen-bond acceptors (Lipinski definition) is 5. The van der Waals surface area contributed by atoms with Crippen molar-refractivity contribution in [2.45, 2.75) is 13.5 Å². The third-order valence-electron chi connectivity index (χ3n) is 6.31. The van der Waals surface area contributed by atoms with Gasteiger partial charge in [0, 0.05) is 5.56 Å². The second-order valence-corrected chi connectivity index (χ2v) is 9.49. The third kappa shape index (κ3) is 4.86. The van der Waals surface area contributed by atoms with Crippen molar-refractivity contribution in [2.75, 3.05) is 12.0 Å². The maximum absolute atomic E-state index is 13.3. The summed E-state index contributed by atoms with van der Waals surface area (Å²) in [5, 5.41) is 5.11. The Morgan fingerprint density at radius 3 is 2.50 bits per heavy atom. The van der Waals surface area contributed by atoms with E-state index in [1.165, 1.54) is 18.1 Å². The first-order valence-corrected chi connectivity index (χ1v) is 12.6. The standard InChI is InChI=1S/C30H23ClN2O4S/c1-18-12-13-20-8-6-7-11-22(20)24(18)17-37-27-25(31)15-19(16-26(27)36-2)14-23-28(34)32-30(38)33(29(23)35)21-9-4-3-5-10-21/h3-16H,17H2,1-2H3,(H,32,34,38)/b23-14-. The zero-order valence-corrected chi connectivity index (χ0v) is 22.2. The molecular formula is C30H23ClN2O4S. The predicted octanol–water partition coefficient (Wildman–Crippen LogP) is 6.22. The van der Waals surface area contributed by atoms with Gasteiger partial charge in [-0.25, -0.2) is 0 Å². The van der Waals surface area contributed by atoms with Crippen LogP contribution in [0.1, 0.15) is 16.7 Å². The molecular weight excluding hydrogens is 520 g/mol. The normalized spacial score (nSPS) is 14.7. The van der Waals surface area contributed by atoms with Crippen LogP contribution in [-0.2, 0) is 16.2 Å². The predicted molar refractivity (Wildman–Crippen MR) is 154 cm³/mol. The minimum absolute atomic E-state index is 0.0199. The number of fused-ring (bicyclic) bond motifs is 1. The van der Waals surface area contributed by atoms with Crippen LogP contribution >= 0.6 is 23.8 Å². The average molecular weight is 543 g/mol. The Kier molecular flexibility index (Phi) is 7.13. The summed E-state index contributed by atoms with van der Waals surface area (Å²) in [5.74, 6) is -0.377. The number of nitrogens with one attached hydrogen (secondary N) is 1. The first-order valence-electron chi connectivity index (χ1n) is 11.8. The van der Waals surface area contributed by atoms with E-state index in [1.807, 2.05) is 25.1 Å². The maximum atomic E-state index is 13.3. The molecule has 1 heterocycles. The topological polar surface area (TPSA) is 67.9 Å². The highest BCUT2D eigenvalue weighted by atomic mass is 35.5. The highest BCUT2D eigenvalue weighted by Gasteiger charge is 2.34. The molecule has 38 heavy (non-hydrogen) atoms. The van der Waals surface area contributed by atoms with Gasteiger partial charge in [-0.2, -0.15) is 0 Å². The van der Waals surface area contributed by atoms with E-state index < -0.39 is 11.8 Å². The first-order chi connectivity index (χ1) is 18.4. The van der Waals surface area contributed by atoms with Crippen molar-refractivity contribution in [3.63, 3.8) is 0 Å². The molecule has 0 atom stereocenters. The molecule has 0 unspecified atom stereocenters. The number of thiocarbonyl (C=S) groups is 1. The van der Waals surface area contributed by atoms with E-state index in [2.05, 4.69) is 29.6 Å². The summed E-state index contributed by atoms with van der Waals surface area (Å²) >= 11 is 11.9. The summed E-state index contributed by atoms with van der Waals surface area (Å²) < 4.78 is 11.7. The number of anilines is 1. The number of halogens is 1. The van der Waals surface area contributed by atoms with Gasteiger partial charge in [0.15, 0.2) is 16.6 Å². The van der Waals surface area contributed by atoms with Gasteiger partial charge in [-0.05, 0) is 71.4 Å². The number of para-hydroxylation sites is 1. The summed E-state index contributed by atoms with van der Waals surface area (Å²) in [7, 11) is 1.51. The van der Waals surface area contributed by atoms with Gasteiger partial charge >= 0.3 is 0 Å². The lowest BCUT2D eigenvalue weighted by atomic mass is 10.0. The van der Waals surface area contributed by atoms with Crippen molar-refractivity contribution in [1.29, 1.82) is 0 Å². The van der Waals surface area contributed by atoms with Crippen LogP contribution in [0, 0.1) is 6.92 Å². The molecule has 0 bridgehead atoms. The van der Waals surface area contributed by atoms with Gasteiger partial charge in [-0.3, -0.25) is 19.8 Å². The lowest BCUT2D eigenvalue weighted by molar-refractivity contribution is -0.122. The Morgan fingerprint density at radius 2 is 1.74 bits per heavy atom. The molecule has 0 spiro atoms. The van der Waals surface area contributed by atoms with Gasteiger partial charge < -0.3 is 9.47 Å². The molecule has 5 rings (SSSR count). The van der Waals surface area contributed by atoms with Crippen molar-refractivity contribution in [3.05, 3.63) is 106 Å². The molecule has 1 aliphatic heterocycles. The van der Waals surface area contributed by atoms with Gasteiger partial charge in [0.1, 0.15) is 12.2 Å². The van der Waals surface area contributed by atoms with E-state index in [4.69, 9.17) is 33.3 Å².